The van der Waals surface area contributed by atoms with Gasteiger partial charge in [-0.3, -0.25) is 4.79 Å². The van der Waals surface area contributed by atoms with E-state index in [2.05, 4.69) is 11.0 Å². The summed E-state index contributed by atoms with van der Waals surface area (Å²) in [5.74, 6) is -0.303. The quantitative estimate of drug-likeness (QED) is 0.709. The molecule has 19 heavy (non-hydrogen) atoms. The third-order valence-electron chi connectivity index (χ3n) is 3.22. The molecule has 0 saturated heterocycles. The predicted octanol–water partition coefficient (Wildman–Crippen LogP) is 3.02. The molecule has 1 atom stereocenters. The fraction of sp³-hybridized carbons (Fsp3) is 0.467. The van der Waals surface area contributed by atoms with Gasteiger partial charge >= 0.3 is 0 Å². The van der Waals surface area contributed by atoms with Crippen molar-refractivity contribution in [2.45, 2.75) is 32.2 Å². The Bertz CT molecular complexity index is 450. The Kier molecular flexibility index (Phi) is 6.17. The molecule has 3 nitrogen and oxygen atoms in total. The van der Waals surface area contributed by atoms with Crippen LogP contribution in [0, 0.1) is 17.1 Å². The lowest BCUT2D eigenvalue weighted by Crippen LogP contribution is -2.29. The molecule has 0 aliphatic rings. The molecule has 0 aliphatic carbocycles. The van der Waals surface area contributed by atoms with Crippen molar-refractivity contribution < 1.29 is 9.18 Å². The van der Waals surface area contributed by atoms with Gasteiger partial charge in [0.05, 0.1) is 12.5 Å². The standard InChI is InChI=1S/C15H19FN2O/c1-12(9-10-17)18(2)11-3-4-15(19)13-5-7-14(16)8-6-13/h5-8,12H,3-4,9,11H2,1-2H3. The highest BCUT2D eigenvalue weighted by Crippen LogP contribution is 2.09. The maximum Gasteiger partial charge on any atom is 0.162 e. The van der Waals surface area contributed by atoms with E-state index < -0.39 is 0 Å². The van der Waals surface area contributed by atoms with E-state index in [1.165, 1.54) is 24.3 Å². The number of halogens is 1. The summed E-state index contributed by atoms with van der Waals surface area (Å²) in [6.07, 6.45) is 1.67. The molecule has 1 unspecified atom stereocenters. The first-order valence-corrected chi connectivity index (χ1v) is 6.40. The summed E-state index contributed by atoms with van der Waals surface area (Å²) < 4.78 is 12.7. The Balaban J connectivity index is 2.35. The van der Waals surface area contributed by atoms with Crippen LogP contribution in [0.1, 0.15) is 36.5 Å². The maximum absolute atomic E-state index is 12.7. The van der Waals surface area contributed by atoms with E-state index in [1.54, 1.807) is 0 Å². The minimum absolute atomic E-state index is 0.0290. The average Bonchev–Trinajstić information content (AvgIpc) is 2.39. The molecule has 1 aromatic rings. The molecule has 1 aromatic carbocycles. The third kappa shape index (κ3) is 5.19. The van der Waals surface area contributed by atoms with Crippen LogP contribution in [0.3, 0.4) is 0 Å². The molecule has 1 rings (SSSR count). The SMILES string of the molecule is CC(CC#N)N(C)CCCC(=O)c1ccc(F)cc1. The number of nitriles is 1. The van der Waals surface area contributed by atoms with E-state index >= 15 is 0 Å². The van der Waals surface area contributed by atoms with Gasteiger partial charge in [0, 0.05) is 18.0 Å². The van der Waals surface area contributed by atoms with Gasteiger partial charge in [-0.2, -0.15) is 5.26 Å². The van der Waals surface area contributed by atoms with Crippen LogP contribution >= 0.6 is 0 Å². The monoisotopic (exact) mass is 262 g/mol. The summed E-state index contributed by atoms with van der Waals surface area (Å²) in [6, 6.07) is 7.96. The smallest absolute Gasteiger partial charge is 0.162 e. The van der Waals surface area contributed by atoms with Gasteiger partial charge in [-0.05, 0) is 51.2 Å². The van der Waals surface area contributed by atoms with Crippen molar-refractivity contribution in [3.8, 4) is 6.07 Å². The van der Waals surface area contributed by atoms with Gasteiger partial charge in [0.1, 0.15) is 5.82 Å². The van der Waals surface area contributed by atoms with Crippen molar-refractivity contribution in [3.05, 3.63) is 35.6 Å². The van der Waals surface area contributed by atoms with Crippen LogP contribution in [0.15, 0.2) is 24.3 Å². The molecule has 0 N–H and O–H groups in total. The van der Waals surface area contributed by atoms with Crippen molar-refractivity contribution in [1.29, 1.82) is 5.26 Å². The molecule has 0 saturated carbocycles. The highest BCUT2D eigenvalue weighted by atomic mass is 19.1. The number of carbonyl (C=O) groups is 1. The van der Waals surface area contributed by atoms with Crippen LogP contribution in [0.5, 0.6) is 0 Å². The molecule has 0 aromatic heterocycles. The molecule has 0 fully saturated rings. The van der Waals surface area contributed by atoms with Crippen molar-refractivity contribution >= 4 is 5.78 Å². The fourth-order valence-electron chi connectivity index (χ4n) is 1.78. The Hall–Kier alpha value is -1.73. The Morgan fingerprint density at radius 2 is 2.05 bits per heavy atom. The van der Waals surface area contributed by atoms with Crippen molar-refractivity contribution in [2.75, 3.05) is 13.6 Å². The molecule has 0 spiro atoms. The minimum atomic E-state index is -0.332. The first kappa shape index (κ1) is 15.3. The number of rotatable bonds is 7. The highest BCUT2D eigenvalue weighted by Gasteiger charge is 2.10. The molecule has 0 bridgehead atoms. The second-order valence-corrected chi connectivity index (χ2v) is 4.73. The fourth-order valence-corrected chi connectivity index (χ4v) is 1.78. The van der Waals surface area contributed by atoms with Crippen LogP contribution < -0.4 is 0 Å². The minimum Gasteiger partial charge on any atom is -0.303 e. The lowest BCUT2D eigenvalue weighted by molar-refractivity contribution is 0.0974. The first-order chi connectivity index (χ1) is 9.04. The zero-order valence-corrected chi connectivity index (χ0v) is 11.4. The predicted molar refractivity (Wildman–Crippen MR) is 72.3 cm³/mol. The van der Waals surface area contributed by atoms with E-state index in [9.17, 15) is 9.18 Å². The van der Waals surface area contributed by atoms with Crippen LogP contribution in [-0.2, 0) is 0 Å². The second-order valence-electron chi connectivity index (χ2n) is 4.73. The van der Waals surface area contributed by atoms with Gasteiger partial charge < -0.3 is 4.90 Å². The van der Waals surface area contributed by atoms with E-state index in [4.69, 9.17) is 5.26 Å². The topological polar surface area (TPSA) is 44.1 Å². The molecular weight excluding hydrogens is 243 g/mol. The summed E-state index contributed by atoms with van der Waals surface area (Å²) in [7, 11) is 1.95. The van der Waals surface area contributed by atoms with Crippen LogP contribution in [0.25, 0.3) is 0 Å². The normalized spacial score (nSPS) is 12.2. The molecular formula is C15H19FN2O. The van der Waals surface area contributed by atoms with Crippen molar-refractivity contribution in [3.63, 3.8) is 0 Å². The summed E-state index contributed by atoms with van der Waals surface area (Å²) in [4.78, 5) is 13.9. The van der Waals surface area contributed by atoms with E-state index in [0.717, 1.165) is 13.0 Å². The van der Waals surface area contributed by atoms with E-state index in [1.807, 2.05) is 14.0 Å². The summed E-state index contributed by atoms with van der Waals surface area (Å²) >= 11 is 0. The molecule has 102 valence electrons. The molecule has 0 heterocycles. The largest absolute Gasteiger partial charge is 0.303 e. The summed E-state index contributed by atoms with van der Waals surface area (Å²) in [5, 5.41) is 8.61. The van der Waals surface area contributed by atoms with Crippen LogP contribution in [0.2, 0.25) is 0 Å². The first-order valence-electron chi connectivity index (χ1n) is 6.40. The average molecular weight is 262 g/mol. The van der Waals surface area contributed by atoms with Gasteiger partial charge in [-0.1, -0.05) is 0 Å². The Morgan fingerprint density at radius 3 is 2.63 bits per heavy atom. The lowest BCUT2D eigenvalue weighted by atomic mass is 10.1. The van der Waals surface area contributed by atoms with Crippen molar-refractivity contribution in [2.24, 2.45) is 0 Å². The van der Waals surface area contributed by atoms with Crippen LogP contribution in [-0.4, -0.2) is 30.3 Å². The van der Waals surface area contributed by atoms with Gasteiger partial charge in [0.2, 0.25) is 0 Å². The van der Waals surface area contributed by atoms with Gasteiger partial charge in [0.15, 0.2) is 5.78 Å². The molecule has 0 radical (unpaired) electrons. The zero-order chi connectivity index (χ0) is 14.3. The number of ketones is 1. The number of hydrogen-bond donors (Lipinski definition) is 0. The second kappa shape index (κ2) is 7.65. The molecule has 0 aliphatic heterocycles. The number of benzene rings is 1. The number of carbonyl (C=O) groups excluding carboxylic acids is 1. The van der Waals surface area contributed by atoms with E-state index in [0.29, 0.717) is 18.4 Å². The third-order valence-corrected chi connectivity index (χ3v) is 3.22. The maximum atomic E-state index is 12.7. The lowest BCUT2D eigenvalue weighted by Gasteiger charge is -2.22. The van der Waals surface area contributed by atoms with Gasteiger partial charge in [-0.25, -0.2) is 4.39 Å². The summed E-state index contributed by atoms with van der Waals surface area (Å²) in [5.41, 5.74) is 0.550. The Morgan fingerprint density at radius 1 is 1.42 bits per heavy atom. The van der Waals surface area contributed by atoms with E-state index in [-0.39, 0.29) is 17.6 Å². The molecule has 4 heteroatoms. The number of Topliss-reactive ketones (excluding diaryl/α,β-unsaturated/α-hetero) is 1. The van der Waals surface area contributed by atoms with Gasteiger partial charge in [0.25, 0.3) is 0 Å². The zero-order valence-electron chi connectivity index (χ0n) is 11.4. The summed E-state index contributed by atoms with van der Waals surface area (Å²) in [6.45, 7) is 2.76. The van der Waals surface area contributed by atoms with Gasteiger partial charge in [-0.15, -0.1) is 0 Å². The van der Waals surface area contributed by atoms with Crippen LogP contribution in [0.4, 0.5) is 4.39 Å². The number of nitrogens with zero attached hydrogens (tertiary/aromatic N) is 2. The number of hydrogen-bond acceptors (Lipinski definition) is 3. The Labute approximate surface area is 113 Å². The van der Waals surface area contributed by atoms with Crippen molar-refractivity contribution in [1.82, 2.24) is 4.90 Å². The molecule has 0 amide bonds. The highest BCUT2D eigenvalue weighted by molar-refractivity contribution is 5.95.